The van der Waals surface area contributed by atoms with Gasteiger partial charge in [0.25, 0.3) is 5.91 Å². The molecule has 24 heavy (non-hydrogen) atoms. The van der Waals surface area contributed by atoms with Gasteiger partial charge in [-0.2, -0.15) is 0 Å². The molecule has 2 aromatic rings. The van der Waals surface area contributed by atoms with E-state index in [1.165, 1.54) is 13.1 Å². The number of benzene rings is 2. The Labute approximate surface area is 155 Å². The van der Waals surface area contributed by atoms with Crippen LogP contribution in [0.25, 0.3) is 0 Å². The smallest absolute Gasteiger partial charge is 0.251 e. The number of hydrogen-bond donors (Lipinski definition) is 2. The van der Waals surface area contributed by atoms with Crippen LogP contribution in [0.3, 0.4) is 0 Å². The lowest BCUT2D eigenvalue weighted by Crippen LogP contribution is -2.18. The highest BCUT2D eigenvalue weighted by atomic mass is 35.5. The number of anilines is 1. The van der Waals surface area contributed by atoms with Gasteiger partial charge in [0.2, 0.25) is 5.91 Å². The summed E-state index contributed by atoms with van der Waals surface area (Å²) in [6.45, 7) is 0. The van der Waals surface area contributed by atoms with E-state index in [4.69, 9.17) is 34.8 Å². The summed E-state index contributed by atoms with van der Waals surface area (Å²) in [4.78, 5) is 23.8. The Hall–Kier alpha value is -1.75. The highest BCUT2D eigenvalue weighted by molar-refractivity contribution is 6.42. The molecular formula is C17H15Cl3N2O2. The SMILES string of the molecule is CNC(=O)c1ccc(Cl)c(NC(=O)CCc2cccc(Cl)c2Cl)c1. The molecule has 126 valence electrons. The van der Waals surface area contributed by atoms with E-state index in [0.717, 1.165) is 5.56 Å². The molecule has 2 rings (SSSR count). The van der Waals surface area contributed by atoms with Crippen LogP contribution in [-0.2, 0) is 11.2 Å². The second-order valence-corrected chi connectivity index (χ2v) is 6.23. The van der Waals surface area contributed by atoms with E-state index < -0.39 is 0 Å². The largest absolute Gasteiger partial charge is 0.355 e. The Morgan fingerprint density at radius 3 is 2.50 bits per heavy atom. The minimum Gasteiger partial charge on any atom is -0.355 e. The van der Waals surface area contributed by atoms with Crippen molar-refractivity contribution in [3.05, 3.63) is 62.6 Å². The summed E-state index contributed by atoms with van der Waals surface area (Å²) in [5, 5.41) is 6.49. The number of carbonyl (C=O) groups excluding carboxylic acids is 2. The van der Waals surface area contributed by atoms with E-state index in [1.54, 1.807) is 24.3 Å². The number of hydrogen-bond acceptors (Lipinski definition) is 2. The molecule has 0 aliphatic rings. The van der Waals surface area contributed by atoms with Crippen molar-refractivity contribution in [2.75, 3.05) is 12.4 Å². The quantitative estimate of drug-likeness (QED) is 0.791. The van der Waals surface area contributed by atoms with Crippen molar-refractivity contribution in [1.82, 2.24) is 5.32 Å². The molecule has 0 bridgehead atoms. The minimum atomic E-state index is -0.257. The summed E-state index contributed by atoms with van der Waals surface area (Å²) in [7, 11) is 1.53. The maximum absolute atomic E-state index is 12.1. The summed E-state index contributed by atoms with van der Waals surface area (Å²) in [5.41, 5.74) is 1.60. The molecule has 0 unspecified atom stereocenters. The molecule has 2 amide bonds. The van der Waals surface area contributed by atoms with Crippen molar-refractivity contribution in [1.29, 1.82) is 0 Å². The average Bonchev–Trinajstić information content (AvgIpc) is 2.57. The van der Waals surface area contributed by atoms with Gasteiger partial charge < -0.3 is 10.6 Å². The monoisotopic (exact) mass is 384 g/mol. The van der Waals surface area contributed by atoms with Crippen LogP contribution in [0.15, 0.2) is 36.4 Å². The molecule has 0 saturated carbocycles. The molecule has 0 saturated heterocycles. The Balaban J connectivity index is 2.04. The lowest BCUT2D eigenvalue weighted by atomic mass is 10.1. The van der Waals surface area contributed by atoms with Gasteiger partial charge >= 0.3 is 0 Å². The maximum atomic E-state index is 12.1. The summed E-state index contributed by atoms with van der Waals surface area (Å²) < 4.78 is 0. The summed E-state index contributed by atoms with van der Waals surface area (Å²) in [6, 6.07) is 9.98. The van der Waals surface area contributed by atoms with Gasteiger partial charge in [0, 0.05) is 19.0 Å². The molecule has 0 fully saturated rings. The fourth-order valence-corrected chi connectivity index (χ4v) is 2.69. The lowest BCUT2D eigenvalue weighted by molar-refractivity contribution is -0.116. The molecular weight excluding hydrogens is 371 g/mol. The maximum Gasteiger partial charge on any atom is 0.251 e. The van der Waals surface area contributed by atoms with Gasteiger partial charge in [-0.3, -0.25) is 9.59 Å². The third kappa shape index (κ3) is 4.63. The van der Waals surface area contributed by atoms with Crippen LogP contribution in [-0.4, -0.2) is 18.9 Å². The topological polar surface area (TPSA) is 58.2 Å². The summed E-state index contributed by atoms with van der Waals surface area (Å²) >= 11 is 18.1. The van der Waals surface area contributed by atoms with Crippen LogP contribution in [0.1, 0.15) is 22.3 Å². The zero-order valence-electron chi connectivity index (χ0n) is 12.8. The Bertz CT molecular complexity index is 778. The van der Waals surface area contributed by atoms with Crippen LogP contribution in [0.4, 0.5) is 5.69 Å². The van der Waals surface area contributed by atoms with Crippen LogP contribution in [0, 0.1) is 0 Å². The van der Waals surface area contributed by atoms with Gasteiger partial charge in [-0.25, -0.2) is 0 Å². The first-order chi connectivity index (χ1) is 11.4. The second kappa shape index (κ2) is 8.38. The number of nitrogens with one attached hydrogen (secondary N) is 2. The van der Waals surface area contributed by atoms with Crippen molar-refractivity contribution in [3.8, 4) is 0 Å². The van der Waals surface area contributed by atoms with Gasteiger partial charge in [0.05, 0.1) is 20.8 Å². The number of halogens is 3. The van der Waals surface area contributed by atoms with E-state index in [-0.39, 0.29) is 18.2 Å². The third-order valence-electron chi connectivity index (χ3n) is 3.38. The summed E-state index contributed by atoms with van der Waals surface area (Å²) in [6.07, 6.45) is 0.651. The average molecular weight is 386 g/mol. The molecule has 0 aliphatic carbocycles. The fourth-order valence-electron chi connectivity index (χ4n) is 2.11. The fraction of sp³-hybridized carbons (Fsp3) is 0.176. The molecule has 2 N–H and O–H groups in total. The van der Waals surface area contributed by atoms with E-state index in [9.17, 15) is 9.59 Å². The molecule has 4 nitrogen and oxygen atoms in total. The molecule has 0 heterocycles. The standard InChI is InChI=1S/C17H15Cl3N2O2/c1-21-17(24)11-5-7-12(18)14(9-11)22-15(23)8-6-10-3-2-4-13(19)16(10)20/h2-5,7,9H,6,8H2,1H3,(H,21,24)(H,22,23). The Morgan fingerprint density at radius 1 is 1.04 bits per heavy atom. The van der Waals surface area contributed by atoms with Crippen molar-refractivity contribution < 1.29 is 9.59 Å². The number of carbonyl (C=O) groups is 2. The first-order valence-electron chi connectivity index (χ1n) is 7.16. The number of rotatable bonds is 5. The zero-order chi connectivity index (χ0) is 17.7. The van der Waals surface area contributed by atoms with Crippen LogP contribution in [0.5, 0.6) is 0 Å². The van der Waals surface area contributed by atoms with Crippen molar-refractivity contribution in [2.45, 2.75) is 12.8 Å². The number of aryl methyl sites for hydroxylation is 1. The molecule has 0 atom stereocenters. The molecule has 0 radical (unpaired) electrons. The van der Waals surface area contributed by atoms with Crippen LogP contribution < -0.4 is 10.6 Å². The normalized spacial score (nSPS) is 10.3. The van der Waals surface area contributed by atoms with Gasteiger partial charge in [0.1, 0.15) is 0 Å². The molecule has 0 spiro atoms. The van der Waals surface area contributed by atoms with Crippen molar-refractivity contribution in [3.63, 3.8) is 0 Å². The minimum absolute atomic E-state index is 0.209. The number of amides is 2. The second-order valence-electron chi connectivity index (χ2n) is 5.03. The van der Waals surface area contributed by atoms with Crippen LogP contribution >= 0.6 is 34.8 Å². The predicted octanol–water partition coefficient (Wildman–Crippen LogP) is 4.58. The Morgan fingerprint density at radius 2 is 1.79 bits per heavy atom. The molecule has 2 aromatic carbocycles. The third-order valence-corrected chi connectivity index (χ3v) is 4.57. The molecule has 0 aromatic heterocycles. The molecule has 0 aliphatic heterocycles. The van der Waals surface area contributed by atoms with Crippen LogP contribution in [0.2, 0.25) is 15.1 Å². The van der Waals surface area contributed by atoms with Gasteiger partial charge in [-0.1, -0.05) is 46.9 Å². The van der Waals surface area contributed by atoms with Gasteiger partial charge in [0.15, 0.2) is 0 Å². The van der Waals surface area contributed by atoms with E-state index >= 15 is 0 Å². The highest BCUT2D eigenvalue weighted by Gasteiger charge is 2.11. The summed E-state index contributed by atoms with van der Waals surface area (Å²) in [5.74, 6) is -0.491. The van der Waals surface area contributed by atoms with E-state index in [2.05, 4.69) is 10.6 Å². The molecule has 7 heteroatoms. The Kier molecular flexibility index (Phi) is 6.49. The predicted molar refractivity (Wildman–Crippen MR) is 98.3 cm³/mol. The highest BCUT2D eigenvalue weighted by Crippen LogP contribution is 2.27. The zero-order valence-corrected chi connectivity index (χ0v) is 15.1. The van der Waals surface area contributed by atoms with E-state index in [1.807, 2.05) is 6.07 Å². The first kappa shape index (κ1) is 18.6. The van der Waals surface area contributed by atoms with Crippen molar-refractivity contribution in [2.24, 2.45) is 0 Å². The van der Waals surface area contributed by atoms with Gasteiger partial charge in [-0.15, -0.1) is 0 Å². The lowest BCUT2D eigenvalue weighted by Gasteiger charge is -2.10. The first-order valence-corrected chi connectivity index (χ1v) is 8.30. The van der Waals surface area contributed by atoms with Gasteiger partial charge in [-0.05, 0) is 36.2 Å². The van der Waals surface area contributed by atoms with E-state index in [0.29, 0.717) is 32.7 Å². The van der Waals surface area contributed by atoms with Crippen molar-refractivity contribution >= 4 is 52.3 Å².